The summed E-state index contributed by atoms with van der Waals surface area (Å²) in [5.74, 6) is -2.26. The standard InChI is InChI=1S/C18H14F2N2O3/c19-14-7-4-8-15(20)16(14)13(9-24-11-23)17-18(25-10-21-17)22-12-5-2-1-3-6-12/h1-8,10-11,13,22H,9H2. The zero-order chi connectivity index (χ0) is 17.6. The van der Waals surface area contributed by atoms with Gasteiger partial charge in [0.05, 0.1) is 5.92 Å². The molecule has 1 atom stereocenters. The lowest BCUT2D eigenvalue weighted by atomic mass is 9.95. The molecule has 1 unspecified atom stereocenters. The summed E-state index contributed by atoms with van der Waals surface area (Å²) < 4.78 is 38.5. The highest BCUT2D eigenvalue weighted by Crippen LogP contribution is 2.34. The van der Waals surface area contributed by atoms with E-state index < -0.39 is 17.6 Å². The number of nitrogens with zero attached hydrogens (tertiary/aromatic N) is 1. The van der Waals surface area contributed by atoms with Crippen LogP contribution in [0.1, 0.15) is 17.2 Å². The van der Waals surface area contributed by atoms with Crippen LogP contribution in [0.2, 0.25) is 0 Å². The monoisotopic (exact) mass is 344 g/mol. The summed E-state index contributed by atoms with van der Waals surface area (Å²) in [7, 11) is 0. The molecule has 0 fully saturated rings. The van der Waals surface area contributed by atoms with Crippen molar-refractivity contribution in [3.8, 4) is 0 Å². The number of rotatable bonds is 7. The molecule has 1 N–H and O–H groups in total. The lowest BCUT2D eigenvalue weighted by Gasteiger charge is -2.17. The Balaban J connectivity index is 2.00. The molecule has 0 amide bonds. The second-order valence-electron chi connectivity index (χ2n) is 5.18. The molecule has 0 radical (unpaired) electrons. The zero-order valence-corrected chi connectivity index (χ0v) is 13.0. The fraction of sp³-hybridized carbons (Fsp3) is 0.111. The number of anilines is 2. The van der Waals surface area contributed by atoms with E-state index >= 15 is 0 Å². The van der Waals surface area contributed by atoms with E-state index in [0.717, 1.165) is 18.5 Å². The van der Waals surface area contributed by atoms with Crippen molar-refractivity contribution in [3.05, 3.63) is 77.8 Å². The van der Waals surface area contributed by atoms with Crippen molar-refractivity contribution < 1.29 is 22.7 Å². The Morgan fingerprint density at radius 1 is 1.12 bits per heavy atom. The molecule has 128 valence electrons. The fourth-order valence-corrected chi connectivity index (χ4v) is 2.53. The van der Waals surface area contributed by atoms with E-state index in [1.165, 1.54) is 6.07 Å². The lowest BCUT2D eigenvalue weighted by molar-refractivity contribution is -0.129. The maximum Gasteiger partial charge on any atom is 0.293 e. The van der Waals surface area contributed by atoms with E-state index in [1.807, 2.05) is 18.2 Å². The van der Waals surface area contributed by atoms with E-state index in [4.69, 9.17) is 9.15 Å². The van der Waals surface area contributed by atoms with Crippen LogP contribution in [0, 0.1) is 11.6 Å². The van der Waals surface area contributed by atoms with Crippen LogP contribution in [-0.2, 0) is 9.53 Å². The van der Waals surface area contributed by atoms with Gasteiger partial charge in [0.1, 0.15) is 23.9 Å². The number of hydrogen-bond donors (Lipinski definition) is 1. The summed E-state index contributed by atoms with van der Waals surface area (Å²) >= 11 is 0. The molecule has 25 heavy (non-hydrogen) atoms. The highest BCUT2D eigenvalue weighted by molar-refractivity contribution is 5.58. The number of halogens is 2. The van der Waals surface area contributed by atoms with Crippen LogP contribution >= 0.6 is 0 Å². The first-order valence-electron chi connectivity index (χ1n) is 7.45. The molecule has 2 aromatic carbocycles. The van der Waals surface area contributed by atoms with Gasteiger partial charge in [-0.25, -0.2) is 13.8 Å². The summed E-state index contributed by atoms with van der Waals surface area (Å²) in [5, 5.41) is 3.00. The second kappa shape index (κ2) is 7.57. The normalized spacial score (nSPS) is 11.8. The molecule has 7 heteroatoms. The number of benzene rings is 2. The predicted octanol–water partition coefficient (Wildman–Crippen LogP) is 4.00. The predicted molar refractivity (Wildman–Crippen MR) is 86.4 cm³/mol. The lowest BCUT2D eigenvalue weighted by Crippen LogP contribution is -2.14. The highest BCUT2D eigenvalue weighted by atomic mass is 19.1. The molecule has 3 rings (SSSR count). The Morgan fingerprint density at radius 2 is 1.84 bits per heavy atom. The average molecular weight is 344 g/mol. The summed E-state index contributed by atoms with van der Waals surface area (Å²) in [6.45, 7) is -0.0620. The van der Waals surface area contributed by atoms with Crippen LogP contribution < -0.4 is 5.32 Å². The third-order valence-electron chi connectivity index (χ3n) is 3.64. The maximum absolute atomic E-state index is 14.2. The van der Waals surface area contributed by atoms with Gasteiger partial charge in [-0.2, -0.15) is 0 Å². The maximum atomic E-state index is 14.2. The number of carbonyl (C=O) groups is 1. The minimum atomic E-state index is -0.962. The molecular formula is C18H14F2N2O3. The number of carbonyl (C=O) groups excluding carboxylic acids is 1. The Kier molecular flexibility index (Phi) is 5.03. The number of aromatic nitrogens is 1. The van der Waals surface area contributed by atoms with E-state index in [2.05, 4.69) is 10.3 Å². The van der Waals surface area contributed by atoms with Crippen molar-refractivity contribution >= 4 is 18.0 Å². The van der Waals surface area contributed by atoms with Gasteiger partial charge in [-0.05, 0) is 24.3 Å². The van der Waals surface area contributed by atoms with Gasteiger partial charge in [-0.3, -0.25) is 4.79 Å². The first kappa shape index (κ1) is 16.6. The number of hydrogen-bond acceptors (Lipinski definition) is 5. The van der Waals surface area contributed by atoms with Crippen molar-refractivity contribution in [3.63, 3.8) is 0 Å². The van der Waals surface area contributed by atoms with Gasteiger partial charge in [-0.1, -0.05) is 24.3 Å². The Hall–Kier alpha value is -3.22. The van der Waals surface area contributed by atoms with E-state index in [0.29, 0.717) is 5.69 Å². The van der Waals surface area contributed by atoms with Crippen LogP contribution in [0.5, 0.6) is 0 Å². The number of oxazole rings is 1. The fourth-order valence-electron chi connectivity index (χ4n) is 2.53. The molecule has 1 heterocycles. The minimum absolute atomic E-state index is 0.216. The molecule has 3 aromatic rings. The summed E-state index contributed by atoms with van der Waals surface area (Å²) in [4.78, 5) is 14.7. The summed E-state index contributed by atoms with van der Waals surface area (Å²) in [5.41, 5.74) is 0.702. The molecule has 0 aliphatic rings. The molecule has 0 saturated carbocycles. The Bertz CT molecular complexity index is 832. The van der Waals surface area contributed by atoms with Gasteiger partial charge < -0.3 is 14.5 Å². The van der Waals surface area contributed by atoms with Gasteiger partial charge in [0.15, 0.2) is 6.39 Å². The van der Waals surface area contributed by atoms with Crippen LogP contribution in [-0.4, -0.2) is 18.1 Å². The molecule has 0 aliphatic heterocycles. The van der Waals surface area contributed by atoms with Crippen LogP contribution in [0.15, 0.2) is 59.3 Å². The number of nitrogens with one attached hydrogen (secondary N) is 1. The third-order valence-corrected chi connectivity index (χ3v) is 3.64. The van der Waals surface area contributed by atoms with Gasteiger partial charge >= 0.3 is 0 Å². The van der Waals surface area contributed by atoms with Gasteiger partial charge in [0.25, 0.3) is 6.47 Å². The smallest absolute Gasteiger partial charge is 0.293 e. The third kappa shape index (κ3) is 3.65. The highest BCUT2D eigenvalue weighted by Gasteiger charge is 2.28. The van der Waals surface area contributed by atoms with Crippen LogP contribution in [0.25, 0.3) is 0 Å². The molecule has 5 nitrogen and oxygen atoms in total. The zero-order valence-electron chi connectivity index (χ0n) is 13.0. The van der Waals surface area contributed by atoms with Crippen LogP contribution in [0.4, 0.5) is 20.4 Å². The Labute approximate surface area is 142 Å². The molecular weight excluding hydrogens is 330 g/mol. The van der Waals surface area contributed by atoms with E-state index in [-0.39, 0.29) is 30.2 Å². The van der Waals surface area contributed by atoms with E-state index in [9.17, 15) is 13.6 Å². The topological polar surface area (TPSA) is 64.4 Å². The average Bonchev–Trinajstić information content (AvgIpc) is 3.06. The SMILES string of the molecule is O=COCC(c1ncoc1Nc1ccccc1)c1c(F)cccc1F. The Morgan fingerprint density at radius 3 is 2.52 bits per heavy atom. The van der Waals surface area contributed by atoms with Gasteiger partial charge in [0, 0.05) is 11.3 Å². The van der Waals surface area contributed by atoms with Gasteiger partial charge in [0.2, 0.25) is 5.88 Å². The van der Waals surface area contributed by atoms with E-state index in [1.54, 1.807) is 12.1 Å². The quantitative estimate of drug-likeness (QED) is 0.656. The minimum Gasteiger partial charge on any atom is -0.467 e. The first-order valence-corrected chi connectivity index (χ1v) is 7.45. The molecule has 0 bridgehead atoms. The first-order chi connectivity index (χ1) is 12.2. The van der Waals surface area contributed by atoms with Gasteiger partial charge in [-0.15, -0.1) is 0 Å². The molecule has 0 aliphatic carbocycles. The summed E-state index contributed by atoms with van der Waals surface area (Å²) in [6.07, 6.45) is 1.16. The van der Waals surface area contributed by atoms with Crippen molar-refractivity contribution in [1.29, 1.82) is 0 Å². The number of para-hydroxylation sites is 1. The second-order valence-corrected chi connectivity index (χ2v) is 5.18. The molecule has 0 saturated heterocycles. The molecule has 0 spiro atoms. The van der Waals surface area contributed by atoms with Crippen molar-refractivity contribution in [2.45, 2.75) is 5.92 Å². The van der Waals surface area contributed by atoms with Crippen LogP contribution in [0.3, 0.4) is 0 Å². The van der Waals surface area contributed by atoms with Crippen molar-refractivity contribution in [1.82, 2.24) is 4.98 Å². The number of ether oxygens (including phenoxy) is 1. The van der Waals surface area contributed by atoms with Crippen molar-refractivity contribution in [2.24, 2.45) is 0 Å². The largest absolute Gasteiger partial charge is 0.467 e. The summed E-state index contributed by atoms with van der Waals surface area (Å²) in [6, 6.07) is 12.6. The van der Waals surface area contributed by atoms with Crippen molar-refractivity contribution in [2.75, 3.05) is 11.9 Å². The molecule has 1 aromatic heterocycles.